The van der Waals surface area contributed by atoms with Crippen molar-refractivity contribution in [3.8, 4) is 5.75 Å². The third-order valence-electron chi connectivity index (χ3n) is 2.39. The Kier molecular flexibility index (Phi) is 3.68. The number of methoxy groups -OCH3 is 1. The third kappa shape index (κ3) is 3.00. The van der Waals surface area contributed by atoms with Crippen molar-refractivity contribution in [1.29, 1.82) is 0 Å². The monoisotopic (exact) mass is 295 g/mol. The van der Waals surface area contributed by atoms with E-state index in [0.717, 1.165) is 27.4 Å². The van der Waals surface area contributed by atoms with E-state index < -0.39 is 0 Å². The number of benzene rings is 1. The molecule has 2 rings (SSSR count). The van der Waals surface area contributed by atoms with Crippen LogP contribution >= 0.6 is 15.9 Å². The van der Waals surface area contributed by atoms with Crippen LogP contribution in [0.15, 0.2) is 28.9 Å². The summed E-state index contributed by atoms with van der Waals surface area (Å²) in [6.45, 7) is 2.65. The fourth-order valence-corrected chi connectivity index (χ4v) is 1.94. The molecule has 0 saturated carbocycles. The van der Waals surface area contributed by atoms with Crippen LogP contribution < -0.4 is 10.1 Å². The van der Waals surface area contributed by atoms with E-state index in [1.807, 2.05) is 31.3 Å². The molecular weight excluding hydrogens is 282 g/mol. The van der Waals surface area contributed by atoms with Gasteiger partial charge in [0.15, 0.2) is 0 Å². The van der Waals surface area contributed by atoms with Crippen LogP contribution in [0.4, 0.5) is 5.69 Å². The Morgan fingerprint density at radius 3 is 2.94 bits per heavy atom. The quantitative estimate of drug-likeness (QED) is 0.911. The van der Waals surface area contributed by atoms with Crippen LogP contribution in [0.2, 0.25) is 0 Å². The van der Waals surface area contributed by atoms with Crippen LogP contribution in [0, 0.1) is 6.92 Å². The minimum Gasteiger partial charge on any atom is -0.495 e. The molecule has 0 bridgehead atoms. The summed E-state index contributed by atoms with van der Waals surface area (Å²) in [5.41, 5.74) is 2.07. The second-order valence-corrected chi connectivity index (χ2v) is 4.55. The van der Waals surface area contributed by atoms with Gasteiger partial charge < -0.3 is 15.0 Å². The molecule has 90 valence electrons. The van der Waals surface area contributed by atoms with Crippen molar-refractivity contribution in [1.82, 2.24) is 9.97 Å². The van der Waals surface area contributed by atoms with Gasteiger partial charge in [-0.15, -0.1) is 0 Å². The van der Waals surface area contributed by atoms with Crippen LogP contribution in [0.1, 0.15) is 11.5 Å². The molecule has 2 aromatic rings. The highest BCUT2D eigenvalue weighted by molar-refractivity contribution is 9.10. The van der Waals surface area contributed by atoms with E-state index in [4.69, 9.17) is 4.74 Å². The Bertz CT molecular complexity index is 510. The first kappa shape index (κ1) is 12.0. The Morgan fingerprint density at radius 1 is 1.47 bits per heavy atom. The largest absolute Gasteiger partial charge is 0.495 e. The predicted molar refractivity (Wildman–Crippen MR) is 71.3 cm³/mol. The average Bonchev–Trinajstić information content (AvgIpc) is 2.74. The summed E-state index contributed by atoms with van der Waals surface area (Å²) in [6.07, 6.45) is 1.83. The van der Waals surface area contributed by atoms with E-state index in [1.54, 1.807) is 7.11 Å². The van der Waals surface area contributed by atoms with Gasteiger partial charge in [0.25, 0.3) is 0 Å². The van der Waals surface area contributed by atoms with E-state index in [-0.39, 0.29) is 0 Å². The number of hydrogen-bond acceptors (Lipinski definition) is 3. The number of imidazole rings is 1. The van der Waals surface area contributed by atoms with Crippen molar-refractivity contribution < 1.29 is 4.74 Å². The highest BCUT2D eigenvalue weighted by Crippen LogP contribution is 2.27. The SMILES string of the molecule is COc1cc(NCc2cnc(C)[nH]2)ccc1Br. The number of anilines is 1. The summed E-state index contributed by atoms with van der Waals surface area (Å²) < 4.78 is 6.18. The van der Waals surface area contributed by atoms with E-state index in [1.165, 1.54) is 0 Å². The molecule has 0 atom stereocenters. The molecule has 1 heterocycles. The third-order valence-corrected chi connectivity index (χ3v) is 3.04. The van der Waals surface area contributed by atoms with Gasteiger partial charge in [0.2, 0.25) is 0 Å². The van der Waals surface area contributed by atoms with Crippen LogP contribution in [-0.4, -0.2) is 17.1 Å². The molecule has 0 saturated heterocycles. The molecule has 0 fully saturated rings. The van der Waals surface area contributed by atoms with Crippen LogP contribution in [0.5, 0.6) is 5.75 Å². The molecule has 2 N–H and O–H groups in total. The Labute approximate surface area is 109 Å². The highest BCUT2D eigenvalue weighted by Gasteiger charge is 2.02. The summed E-state index contributed by atoms with van der Waals surface area (Å²) in [7, 11) is 1.65. The van der Waals surface area contributed by atoms with Gasteiger partial charge in [0.1, 0.15) is 11.6 Å². The fourth-order valence-electron chi connectivity index (χ4n) is 1.53. The standard InChI is InChI=1S/C12H14BrN3O/c1-8-14-6-10(16-8)7-15-9-3-4-11(13)12(5-9)17-2/h3-6,15H,7H2,1-2H3,(H,14,16). The number of hydrogen-bond donors (Lipinski definition) is 2. The fraction of sp³-hybridized carbons (Fsp3) is 0.250. The highest BCUT2D eigenvalue weighted by atomic mass is 79.9. The van der Waals surface area contributed by atoms with Crippen molar-refractivity contribution in [2.75, 3.05) is 12.4 Å². The molecule has 17 heavy (non-hydrogen) atoms. The van der Waals surface area contributed by atoms with Gasteiger partial charge in [-0.2, -0.15) is 0 Å². The number of nitrogens with one attached hydrogen (secondary N) is 2. The predicted octanol–water partition coefficient (Wildman–Crippen LogP) is 3.10. The first-order valence-corrected chi connectivity index (χ1v) is 6.06. The lowest BCUT2D eigenvalue weighted by molar-refractivity contribution is 0.412. The van der Waals surface area contributed by atoms with Crippen molar-refractivity contribution >= 4 is 21.6 Å². The Balaban J connectivity index is 2.04. The summed E-state index contributed by atoms with van der Waals surface area (Å²) in [4.78, 5) is 7.32. The van der Waals surface area contributed by atoms with Gasteiger partial charge in [-0.25, -0.2) is 4.98 Å². The van der Waals surface area contributed by atoms with E-state index >= 15 is 0 Å². The number of rotatable bonds is 4. The normalized spacial score (nSPS) is 10.3. The summed E-state index contributed by atoms with van der Waals surface area (Å²) >= 11 is 3.42. The van der Waals surface area contributed by atoms with Gasteiger partial charge in [0.05, 0.1) is 30.0 Å². The summed E-state index contributed by atoms with van der Waals surface area (Å²) in [5.74, 6) is 1.74. The molecule has 0 amide bonds. The minimum absolute atomic E-state index is 0.714. The van der Waals surface area contributed by atoms with Crippen molar-refractivity contribution in [2.45, 2.75) is 13.5 Å². The molecule has 1 aromatic carbocycles. The molecule has 4 nitrogen and oxygen atoms in total. The number of aryl methyl sites for hydroxylation is 1. The minimum atomic E-state index is 0.714. The first-order valence-electron chi connectivity index (χ1n) is 5.27. The molecule has 0 aliphatic rings. The van der Waals surface area contributed by atoms with E-state index in [2.05, 4.69) is 31.2 Å². The Morgan fingerprint density at radius 2 is 2.29 bits per heavy atom. The van der Waals surface area contributed by atoms with Crippen molar-refractivity contribution in [3.63, 3.8) is 0 Å². The van der Waals surface area contributed by atoms with Gasteiger partial charge >= 0.3 is 0 Å². The smallest absolute Gasteiger partial charge is 0.135 e. The Hall–Kier alpha value is -1.49. The lowest BCUT2D eigenvalue weighted by atomic mass is 10.3. The average molecular weight is 296 g/mol. The molecule has 0 unspecified atom stereocenters. The van der Waals surface area contributed by atoms with E-state index in [9.17, 15) is 0 Å². The lowest BCUT2D eigenvalue weighted by Crippen LogP contribution is -2.00. The number of aromatic nitrogens is 2. The molecule has 0 spiro atoms. The number of aromatic amines is 1. The van der Waals surface area contributed by atoms with Crippen LogP contribution in [-0.2, 0) is 6.54 Å². The first-order chi connectivity index (χ1) is 8.19. The number of nitrogens with zero attached hydrogens (tertiary/aromatic N) is 1. The van der Waals surface area contributed by atoms with E-state index in [0.29, 0.717) is 6.54 Å². The summed E-state index contributed by atoms with van der Waals surface area (Å²) in [6, 6.07) is 5.91. The van der Waals surface area contributed by atoms with Crippen molar-refractivity contribution in [3.05, 3.63) is 40.4 Å². The molecule has 5 heteroatoms. The van der Waals surface area contributed by atoms with Gasteiger partial charge in [-0.3, -0.25) is 0 Å². The second kappa shape index (κ2) is 5.23. The molecule has 1 aromatic heterocycles. The maximum absolute atomic E-state index is 5.23. The maximum atomic E-state index is 5.23. The number of H-pyrrole nitrogens is 1. The van der Waals surface area contributed by atoms with Gasteiger partial charge in [-0.1, -0.05) is 0 Å². The zero-order valence-corrected chi connectivity index (χ0v) is 11.3. The molecule has 0 aliphatic heterocycles. The molecule has 0 aliphatic carbocycles. The zero-order chi connectivity index (χ0) is 12.3. The lowest BCUT2D eigenvalue weighted by Gasteiger charge is -2.08. The number of ether oxygens (including phenoxy) is 1. The van der Waals surface area contributed by atoms with Gasteiger partial charge in [0, 0.05) is 11.8 Å². The van der Waals surface area contributed by atoms with Crippen LogP contribution in [0.25, 0.3) is 0 Å². The van der Waals surface area contributed by atoms with Gasteiger partial charge in [-0.05, 0) is 35.0 Å². The summed E-state index contributed by atoms with van der Waals surface area (Å²) in [5, 5.41) is 3.30. The topological polar surface area (TPSA) is 49.9 Å². The molecular formula is C12H14BrN3O. The molecule has 0 radical (unpaired) electrons. The zero-order valence-electron chi connectivity index (χ0n) is 9.75. The van der Waals surface area contributed by atoms with Crippen molar-refractivity contribution in [2.24, 2.45) is 0 Å². The maximum Gasteiger partial charge on any atom is 0.135 e. The van der Waals surface area contributed by atoms with Crippen LogP contribution in [0.3, 0.4) is 0 Å². The number of halogens is 1. The second-order valence-electron chi connectivity index (χ2n) is 3.70.